The Morgan fingerprint density at radius 1 is 0.828 bits per heavy atom. The van der Waals surface area contributed by atoms with Gasteiger partial charge in [0, 0.05) is 16.3 Å². The number of allylic oxidation sites excluding steroid dienone is 2. The highest BCUT2D eigenvalue weighted by atomic mass is 31.2. The lowest BCUT2D eigenvalue weighted by Gasteiger charge is -2.17. The molecular weight excluding hydrogens is 373 g/mol. The third kappa shape index (κ3) is 5.43. The monoisotopic (exact) mass is 401 g/mol. The summed E-state index contributed by atoms with van der Waals surface area (Å²) in [5.74, 6) is 0. The number of aryl methyl sites for hydroxylation is 1. The number of hydrogen-bond donors (Lipinski definition) is 0. The fourth-order valence-electron chi connectivity index (χ4n) is 3.34. The van der Waals surface area contributed by atoms with E-state index in [1.807, 2.05) is 66.7 Å². The van der Waals surface area contributed by atoms with Crippen LogP contribution in [-0.4, -0.2) is 5.71 Å². The molecule has 29 heavy (non-hydrogen) atoms. The molecule has 0 atom stereocenters. The lowest BCUT2D eigenvalue weighted by atomic mass is 10.1. The third-order valence-corrected chi connectivity index (χ3v) is 7.51. The van der Waals surface area contributed by atoms with Crippen molar-refractivity contribution in [1.29, 1.82) is 0 Å². The van der Waals surface area contributed by atoms with E-state index in [1.165, 1.54) is 5.56 Å². The summed E-state index contributed by atoms with van der Waals surface area (Å²) in [5, 5.41) is 1.54. The van der Waals surface area contributed by atoms with Gasteiger partial charge >= 0.3 is 0 Å². The van der Waals surface area contributed by atoms with Gasteiger partial charge in [0.2, 0.25) is 7.29 Å². The topological polar surface area (TPSA) is 29.4 Å². The van der Waals surface area contributed by atoms with E-state index in [4.69, 9.17) is 4.76 Å². The molecule has 0 saturated carbocycles. The highest BCUT2D eigenvalue weighted by molar-refractivity contribution is 7.77. The van der Waals surface area contributed by atoms with Crippen LogP contribution in [-0.2, 0) is 11.0 Å². The molecule has 3 aromatic carbocycles. The van der Waals surface area contributed by atoms with Crippen molar-refractivity contribution < 1.29 is 4.57 Å². The minimum atomic E-state index is -3.09. The molecule has 0 spiro atoms. The van der Waals surface area contributed by atoms with Crippen LogP contribution in [0.25, 0.3) is 0 Å². The van der Waals surface area contributed by atoms with Crippen molar-refractivity contribution in [2.75, 3.05) is 0 Å². The zero-order valence-corrected chi connectivity index (χ0v) is 18.1. The Morgan fingerprint density at radius 3 is 1.79 bits per heavy atom. The summed E-state index contributed by atoms with van der Waals surface area (Å²) < 4.78 is 19.1. The molecular formula is C26H28NOP. The lowest BCUT2D eigenvalue weighted by molar-refractivity contribution is 0.588. The summed E-state index contributed by atoms with van der Waals surface area (Å²) in [6.07, 6.45) is 4.90. The minimum absolute atomic E-state index is 0.747. The summed E-state index contributed by atoms with van der Waals surface area (Å²) in [7, 11) is -3.09. The second-order valence-electron chi connectivity index (χ2n) is 7.06. The Kier molecular flexibility index (Phi) is 7.38. The van der Waals surface area contributed by atoms with Crippen LogP contribution in [0.2, 0.25) is 0 Å². The van der Waals surface area contributed by atoms with Gasteiger partial charge in [-0.3, -0.25) is 4.57 Å². The van der Waals surface area contributed by atoms with Crippen molar-refractivity contribution in [2.45, 2.75) is 33.1 Å². The Bertz CT molecular complexity index is 965. The SMILES string of the molecule is CCC(=N/P(=O)(c1ccccc1)c1ccccc1)/C(C)=C/CCc1ccccc1. The fraction of sp³-hybridized carbons (Fsp3) is 0.192. The maximum atomic E-state index is 14.2. The zero-order chi connectivity index (χ0) is 20.5. The smallest absolute Gasteiger partial charge is 0.247 e. The van der Waals surface area contributed by atoms with Crippen molar-refractivity contribution >= 4 is 23.6 Å². The number of benzene rings is 3. The molecule has 0 aliphatic heterocycles. The van der Waals surface area contributed by atoms with E-state index >= 15 is 0 Å². The molecule has 0 aliphatic carbocycles. The molecule has 0 heterocycles. The molecule has 0 bridgehead atoms. The third-order valence-electron chi connectivity index (χ3n) is 4.99. The molecule has 0 unspecified atom stereocenters. The van der Waals surface area contributed by atoms with Crippen molar-refractivity contribution in [2.24, 2.45) is 4.76 Å². The molecule has 3 heteroatoms. The first-order valence-electron chi connectivity index (χ1n) is 10.1. The van der Waals surface area contributed by atoms with Crippen molar-refractivity contribution in [3.05, 3.63) is 108 Å². The molecule has 0 amide bonds. The molecule has 148 valence electrons. The van der Waals surface area contributed by atoms with Gasteiger partial charge in [0.15, 0.2) is 0 Å². The molecule has 0 aromatic heterocycles. The summed E-state index contributed by atoms with van der Waals surface area (Å²) in [5.41, 5.74) is 3.34. The van der Waals surface area contributed by atoms with E-state index in [1.54, 1.807) is 0 Å². The predicted octanol–water partition coefficient (Wildman–Crippen LogP) is 6.35. The van der Waals surface area contributed by atoms with Gasteiger partial charge in [-0.15, -0.1) is 0 Å². The lowest BCUT2D eigenvalue weighted by Crippen LogP contribution is -2.16. The van der Waals surface area contributed by atoms with E-state index in [0.29, 0.717) is 0 Å². The minimum Gasteiger partial charge on any atom is -0.288 e. The van der Waals surface area contributed by atoms with Gasteiger partial charge in [0.05, 0.1) is 0 Å². The molecule has 3 aromatic rings. The molecule has 0 N–H and O–H groups in total. The van der Waals surface area contributed by atoms with Crippen molar-refractivity contribution in [1.82, 2.24) is 0 Å². The number of rotatable bonds is 8. The maximum absolute atomic E-state index is 14.2. The summed E-state index contributed by atoms with van der Waals surface area (Å²) >= 11 is 0. The normalized spacial score (nSPS) is 12.8. The zero-order valence-electron chi connectivity index (χ0n) is 17.2. The fourth-order valence-corrected chi connectivity index (χ4v) is 5.66. The first kappa shape index (κ1) is 21.0. The van der Waals surface area contributed by atoms with Gasteiger partial charge in [-0.1, -0.05) is 79.7 Å². The molecule has 3 rings (SSSR count). The van der Waals surface area contributed by atoms with Gasteiger partial charge < -0.3 is 0 Å². The van der Waals surface area contributed by atoms with Crippen LogP contribution in [0.3, 0.4) is 0 Å². The quantitative estimate of drug-likeness (QED) is 0.320. The van der Waals surface area contributed by atoms with Crippen LogP contribution in [0.1, 0.15) is 32.3 Å². The van der Waals surface area contributed by atoms with Gasteiger partial charge in [0.1, 0.15) is 0 Å². The molecule has 0 radical (unpaired) electrons. The average molecular weight is 401 g/mol. The molecule has 0 fully saturated rings. The van der Waals surface area contributed by atoms with E-state index in [2.05, 4.69) is 44.2 Å². The van der Waals surface area contributed by atoms with E-state index in [-0.39, 0.29) is 0 Å². The van der Waals surface area contributed by atoms with E-state index in [9.17, 15) is 4.57 Å². The van der Waals surface area contributed by atoms with Gasteiger partial charge in [-0.05, 0) is 61.6 Å². The predicted molar refractivity (Wildman–Crippen MR) is 126 cm³/mol. The number of nitrogens with zero attached hydrogens (tertiary/aromatic N) is 1. The number of hydrogen-bond acceptors (Lipinski definition) is 1. The van der Waals surface area contributed by atoms with Crippen LogP contribution in [0.4, 0.5) is 0 Å². The van der Waals surface area contributed by atoms with Gasteiger partial charge in [0.25, 0.3) is 0 Å². The van der Waals surface area contributed by atoms with E-state index < -0.39 is 7.29 Å². The average Bonchev–Trinajstić information content (AvgIpc) is 2.79. The van der Waals surface area contributed by atoms with Crippen LogP contribution in [0, 0.1) is 0 Å². The summed E-state index contributed by atoms with van der Waals surface area (Å²) in [6.45, 7) is 4.15. The largest absolute Gasteiger partial charge is 0.288 e. The van der Waals surface area contributed by atoms with Crippen LogP contribution in [0.5, 0.6) is 0 Å². The maximum Gasteiger partial charge on any atom is 0.247 e. The molecule has 0 aliphatic rings. The van der Waals surface area contributed by atoms with Crippen molar-refractivity contribution in [3.8, 4) is 0 Å². The summed E-state index contributed by atoms with van der Waals surface area (Å²) in [6, 6.07) is 29.7. The van der Waals surface area contributed by atoms with Crippen LogP contribution < -0.4 is 10.6 Å². The van der Waals surface area contributed by atoms with Crippen molar-refractivity contribution in [3.63, 3.8) is 0 Å². The Balaban J connectivity index is 1.92. The summed E-state index contributed by atoms with van der Waals surface area (Å²) in [4.78, 5) is 0. The second-order valence-corrected chi connectivity index (χ2v) is 9.44. The van der Waals surface area contributed by atoms with Crippen LogP contribution >= 0.6 is 7.29 Å². The van der Waals surface area contributed by atoms with Gasteiger partial charge in [-0.25, -0.2) is 4.76 Å². The second kappa shape index (κ2) is 10.2. The highest BCUT2D eigenvalue weighted by Gasteiger charge is 2.27. The molecule has 2 nitrogen and oxygen atoms in total. The Labute approximate surface area is 174 Å². The molecule has 0 saturated heterocycles. The first-order valence-corrected chi connectivity index (χ1v) is 11.8. The highest BCUT2D eigenvalue weighted by Crippen LogP contribution is 2.45. The Hall–Kier alpha value is -2.70. The Morgan fingerprint density at radius 2 is 1.31 bits per heavy atom. The first-order chi connectivity index (χ1) is 14.1. The van der Waals surface area contributed by atoms with Gasteiger partial charge in [-0.2, -0.15) is 0 Å². The van der Waals surface area contributed by atoms with Crippen LogP contribution in [0.15, 0.2) is 107 Å². The standard InChI is InChI=1S/C26H28NOP/c1-3-26(22(2)14-13-17-23-15-7-4-8-16-23)27-29(28,24-18-9-5-10-19-24)25-20-11-6-12-21-25/h4-12,14-16,18-21H,3,13,17H2,1-2H3/b22-14+,27-26-. The van der Waals surface area contributed by atoms with E-state index in [0.717, 1.165) is 41.2 Å².